The van der Waals surface area contributed by atoms with Gasteiger partial charge in [0, 0.05) is 0 Å². The van der Waals surface area contributed by atoms with Gasteiger partial charge in [-0.3, -0.25) is 10.0 Å². The Morgan fingerprint density at radius 1 is 1.18 bits per heavy atom. The van der Waals surface area contributed by atoms with Crippen LogP contribution in [-0.2, 0) is 4.74 Å². The van der Waals surface area contributed by atoms with Crippen LogP contribution in [0.15, 0.2) is 0 Å². The first-order valence-corrected chi connectivity index (χ1v) is 4.98. The molecule has 17 heavy (non-hydrogen) atoms. The van der Waals surface area contributed by atoms with E-state index in [1.807, 2.05) is 0 Å². The highest BCUT2D eigenvalue weighted by molar-refractivity contribution is 6.56. The lowest BCUT2D eigenvalue weighted by molar-refractivity contribution is -0.283. The van der Waals surface area contributed by atoms with Crippen LogP contribution in [0.2, 0.25) is 0 Å². The number of aliphatic hydroxyl groups excluding tert-OH is 4. The monoisotopic (exact) mass is 247 g/mol. The van der Waals surface area contributed by atoms with Gasteiger partial charge in [0.15, 0.2) is 12.1 Å². The maximum atomic E-state index is 10.5. The summed E-state index contributed by atoms with van der Waals surface area (Å²) in [6.07, 6.45) is -7.35. The van der Waals surface area contributed by atoms with Crippen molar-refractivity contribution in [1.82, 2.24) is 5.06 Å². The molecule has 1 aliphatic heterocycles. The number of nitrogens with zero attached hydrogens (tertiary/aromatic N) is 1. The summed E-state index contributed by atoms with van der Waals surface area (Å²) >= 11 is 0. The number of ether oxygens (including phenoxy) is 1. The molecule has 8 nitrogen and oxygen atoms in total. The number of hydrogen-bond donors (Lipinski definition) is 5. The minimum Gasteiger partial charge on any atom is -0.388 e. The molecule has 1 aliphatic rings. The van der Waals surface area contributed by atoms with Crippen molar-refractivity contribution in [3.8, 4) is 0 Å². The summed E-state index contributed by atoms with van der Waals surface area (Å²) in [5.74, 6) is -1.07. The molecule has 0 aromatic rings. The van der Waals surface area contributed by atoms with Crippen molar-refractivity contribution in [2.24, 2.45) is 0 Å². The molecule has 1 amide bonds. The number of hydrogen-bond acceptors (Lipinski definition) is 7. The highest BCUT2D eigenvalue weighted by Gasteiger charge is 2.42. The molecule has 9 heteroatoms. The summed E-state index contributed by atoms with van der Waals surface area (Å²) in [6, 6.07) is 0. The lowest BCUT2D eigenvalue weighted by Gasteiger charge is -2.38. The smallest absolute Gasteiger partial charge is 0.203 e. The standard InChI is InChI=1S/C8H14BNO7/c9-8(15)10(16)2-1-3-4(11)5(12)6(13)7(14)17-3/h3-7,11-14,16H,1-2H2/t3?,4-,5?,6?,7+/m1/s1. The van der Waals surface area contributed by atoms with Crippen LogP contribution in [0.1, 0.15) is 6.42 Å². The molecule has 1 rings (SSSR count). The van der Waals surface area contributed by atoms with E-state index in [0.717, 1.165) is 0 Å². The molecule has 0 bridgehead atoms. The first kappa shape index (κ1) is 14.4. The van der Waals surface area contributed by atoms with Gasteiger partial charge in [0.2, 0.25) is 7.85 Å². The Balaban J connectivity index is 2.51. The van der Waals surface area contributed by atoms with Crippen LogP contribution in [0.25, 0.3) is 0 Å². The Morgan fingerprint density at radius 2 is 1.76 bits per heavy atom. The number of amides is 1. The second-order valence-electron chi connectivity index (χ2n) is 3.79. The van der Waals surface area contributed by atoms with Gasteiger partial charge in [-0.1, -0.05) is 0 Å². The largest absolute Gasteiger partial charge is 0.388 e. The number of carbonyl (C=O) groups is 1. The van der Waals surface area contributed by atoms with Gasteiger partial charge in [0.1, 0.15) is 18.3 Å². The molecule has 0 saturated carbocycles. The lowest BCUT2D eigenvalue weighted by atomic mass is 9.97. The molecule has 1 saturated heterocycles. The predicted octanol–water partition coefficient (Wildman–Crippen LogP) is -2.84. The third kappa shape index (κ3) is 3.38. The Kier molecular flexibility index (Phi) is 4.86. The van der Waals surface area contributed by atoms with E-state index in [4.69, 9.17) is 17.8 Å². The SMILES string of the molecule is [B]C(=O)N(O)CCC1O[C@H](O)C(O)C(O)[C@@H]1O. The Morgan fingerprint density at radius 3 is 2.29 bits per heavy atom. The molecule has 5 atom stereocenters. The third-order valence-corrected chi connectivity index (χ3v) is 2.57. The van der Waals surface area contributed by atoms with Crippen LogP contribution in [-0.4, -0.2) is 81.6 Å². The fourth-order valence-corrected chi connectivity index (χ4v) is 1.53. The number of hydroxylamine groups is 2. The van der Waals surface area contributed by atoms with E-state index in [9.17, 15) is 25.2 Å². The zero-order valence-corrected chi connectivity index (χ0v) is 8.88. The van der Waals surface area contributed by atoms with Crippen molar-refractivity contribution in [2.45, 2.75) is 37.1 Å². The van der Waals surface area contributed by atoms with E-state index in [1.165, 1.54) is 0 Å². The number of carbonyl (C=O) groups excluding carboxylic acids is 1. The molecule has 0 aliphatic carbocycles. The molecular formula is C8H14BNO7. The van der Waals surface area contributed by atoms with E-state index in [2.05, 4.69) is 0 Å². The second kappa shape index (κ2) is 5.76. The summed E-state index contributed by atoms with van der Waals surface area (Å²) < 4.78 is 4.82. The van der Waals surface area contributed by atoms with Crippen LogP contribution in [0.4, 0.5) is 4.79 Å². The first-order valence-electron chi connectivity index (χ1n) is 4.98. The predicted molar refractivity (Wildman–Crippen MR) is 53.2 cm³/mol. The quantitative estimate of drug-likeness (QED) is 0.206. The minimum absolute atomic E-state index is 0.0680. The third-order valence-electron chi connectivity index (χ3n) is 2.57. The molecule has 0 spiro atoms. The highest BCUT2D eigenvalue weighted by Crippen LogP contribution is 2.21. The molecule has 1 fully saturated rings. The van der Waals surface area contributed by atoms with Gasteiger partial charge in [-0.2, -0.15) is 0 Å². The van der Waals surface area contributed by atoms with Crippen molar-refractivity contribution in [3.05, 3.63) is 0 Å². The second-order valence-corrected chi connectivity index (χ2v) is 3.79. The molecule has 1 heterocycles. The van der Waals surface area contributed by atoms with Crippen molar-refractivity contribution in [1.29, 1.82) is 0 Å². The fourth-order valence-electron chi connectivity index (χ4n) is 1.53. The molecule has 5 N–H and O–H groups in total. The van der Waals surface area contributed by atoms with Crippen LogP contribution in [0.3, 0.4) is 0 Å². The first-order chi connectivity index (χ1) is 7.84. The number of aliphatic hydroxyl groups is 4. The average Bonchev–Trinajstić information content (AvgIpc) is 2.28. The maximum Gasteiger partial charge on any atom is 0.203 e. The summed E-state index contributed by atoms with van der Waals surface area (Å²) in [6.45, 7) is -0.243. The van der Waals surface area contributed by atoms with E-state index in [1.54, 1.807) is 0 Å². The zero-order chi connectivity index (χ0) is 13.2. The summed E-state index contributed by atoms with van der Waals surface area (Å²) in [5, 5.41) is 46.4. The highest BCUT2D eigenvalue weighted by atomic mass is 16.6. The van der Waals surface area contributed by atoms with Gasteiger partial charge in [-0.25, -0.2) is 5.06 Å². The molecule has 2 radical (unpaired) electrons. The fraction of sp³-hybridized carbons (Fsp3) is 0.875. The Hall–Kier alpha value is -0.705. The minimum atomic E-state index is -1.64. The van der Waals surface area contributed by atoms with Gasteiger partial charge in [0.25, 0.3) is 0 Å². The topological polar surface area (TPSA) is 131 Å². The number of rotatable bonds is 3. The summed E-state index contributed by atoms with van der Waals surface area (Å²) in [7, 11) is 4.76. The molecule has 96 valence electrons. The maximum absolute atomic E-state index is 10.5. The van der Waals surface area contributed by atoms with Gasteiger partial charge in [0.05, 0.1) is 12.6 Å². The molecular weight excluding hydrogens is 233 g/mol. The normalized spacial score (nSPS) is 37.8. The van der Waals surface area contributed by atoms with Gasteiger partial charge in [-0.15, -0.1) is 0 Å². The van der Waals surface area contributed by atoms with Crippen molar-refractivity contribution in [2.75, 3.05) is 6.54 Å². The van der Waals surface area contributed by atoms with E-state index >= 15 is 0 Å². The van der Waals surface area contributed by atoms with E-state index < -0.39 is 36.5 Å². The van der Waals surface area contributed by atoms with E-state index in [0.29, 0.717) is 0 Å². The van der Waals surface area contributed by atoms with Gasteiger partial charge < -0.3 is 25.2 Å². The molecule has 3 unspecified atom stereocenters. The molecule has 0 aromatic carbocycles. The Bertz CT molecular complexity index is 279. The Labute approximate surface area is 98.4 Å². The summed E-state index contributed by atoms with van der Waals surface area (Å²) in [4.78, 5) is 10.5. The van der Waals surface area contributed by atoms with Crippen LogP contribution < -0.4 is 0 Å². The van der Waals surface area contributed by atoms with Crippen molar-refractivity contribution >= 4 is 13.7 Å². The van der Waals surface area contributed by atoms with Crippen molar-refractivity contribution in [3.63, 3.8) is 0 Å². The van der Waals surface area contributed by atoms with Crippen LogP contribution in [0.5, 0.6) is 0 Å². The van der Waals surface area contributed by atoms with Crippen molar-refractivity contribution < 1.29 is 35.2 Å². The van der Waals surface area contributed by atoms with Gasteiger partial charge in [-0.05, 0) is 6.42 Å². The molecule has 0 aromatic heterocycles. The lowest BCUT2D eigenvalue weighted by Crippen LogP contribution is -2.57. The zero-order valence-electron chi connectivity index (χ0n) is 8.88. The van der Waals surface area contributed by atoms with Crippen LogP contribution >= 0.6 is 0 Å². The van der Waals surface area contributed by atoms with E-state index in [-0.39, 0.29) is 18.0 Å². The van der Waals surface area contributed by atoms with Gasteiger partial charge >= 0.3 is 0 Å². The van der Waals surface area contributed by atoms with Crippen LogP contribution in [0, 0.1) is 0 Å². The average molecular weight is 247 g/mol. The summed E-state index contributed by atoms with van der Waals surface area (Å²) in [5.41, 5.74) is 0.